The molecule has 0 unspecified atom stereocenters. The number of ketones is 1. The van der Waals surface area contributed by atoms with Crippen LogP contribution in [0.1, 0.15) is 49.0 Å². The highest BCUT2D eigenvalue weighted by atomic mass is 35.5. The van der Waals surface area contributed by atoms with Gasteiger partial charge in [-0.05, 0) is 54.2 Å². The first-order valence-corrected chi connectivity index (χ1v) is 9.92. The number of halogens is 1. The van der Waals surface area contributed by atoms with Gasteiger partial charge in [-0.25, -0.2) is 0 Å². The zero-order valence-electron chi connectivity index (χ0n) is 15.5. The van der Waals surface area contributed by atoms with Gasteiger partial charge in [-0.3, -0.25) is 9.59 Å². The molecule has 5 aliphatic rings. The summed E-state index contributed by atoms with van der Waals surface area (Å²) >= 11 is 6.15. The Hall–Kier alpha value is -2.13. The molecule has 5 fully saturated rings. The summed E-state index contributed by atoms with van der Waals surface area (Å²) in [6.45, 7) is 4.59. The number of hydrogen-bond donors (Lipinski definition) is 1. The van der Waals surface area contributed by atoms with Crippen LogP contribution in [-0.2, 0) is 4.79 Å². The third-order valence-corrected chi connectivity index (χ3v) is 8.34. The first kappa shape index (κ1) is 17.0. The van der Waals surface area contributed by atoms with Crippen LogP contribution in [0.25, 0.3) is 0 Å². The molecular formula is C23H22ClNO2. The first-order valence-electron chi connectivity index (χ1n) is 9.54. The van der Waals surface area contributed by atoms with E-state index in [0.29, 0.717) is 33.2 Å². The molecule has 1 N–H and O–H groups in total. The van der Waals surface area contributed by atoms with Gasteiger partial charge in [0.1, 0.15) is 0 Å². The van der Waals surface area contributed by atoms with Crippen LogP contribution in [0.5, 0.6) is 0 Å². The van der Waals surface area contributed by atoms with Crippen molar-refractivity contribution < 1.29 is 9.59 Å². The van der Waals surface area contributed by atoms with Crippen LogP contribution >= 0.6 is 11.6 Å². The average Bonchev–Trinajstić information content (AvgIpc) is 3.06. The number of benzene rings is 2. The number of carbonyl (C=O) groups is 2. The highest BCUT2D eigenvalue weighted by Gasteiger charge is 2.91. The van der Waals surface area contributed by atoms with Gasteiger partial charge in [0.05, 0.1) is 11.1 Å². The van der Waals surface area contributed by atoms with Crippen molar-refractivity contribution in [1.29, 1.82) is 0 Å². The van der Waals surface area contributed by atoms with E-state index in [1.807, 2.05) is 18.2 Å². The summed E-state index contributed by atoms with van der Waals surface area (Å²) in [7, 11) is 0. The molecule has 4 atom stereocenters. The van der Waals surface area contributed by atoms with Gasteiger partial charge in [-0.2, -0.15) is 0 Å². The van der Waals surface area contributed by atoms with Gasteiger partial charge in [0, 0.05) is 16.1 Å². The number of rotatable bonds is 4. The largest absolute Gasteiger partial charge is 0.325 e. The maximum Gasteiger partial charge on any atom is 0.231 e. The third kappa shape index (κ3) is 1.84. The Bertz CT molecular complexity index is 987. The van der Waals surface area contributed by atoms with Gasteiger partial charge >= 0.3 is 0 Å². The summed E-state index contributed by atoms with van der Waals surface area (Å²) in [5, 5.41) is 3.58. The van der Waals surface area contributed by atoms with Crippen molar-refractivity contribution in [3.05, 3.63) is 64.7 Å². The summed E-state index contributed by atoms with van der Waals surface area (Å²) in [5.74, 6) is 0.420. The molecule has 4 bridgehead atoms. The number of amides is 1. The van der Waals surface area contributed by atoms with Gasteiger partial charge in [0.15, 0.2) is 5.78 Å². The van der Waals surface area contributed by atoms with E-state index in [1.54, 1.807) is 30.3 Å². The van der Waals surface area contributed by atoms with Gasteiger partial charge in [-0.15, -0.1) is 0 Å². The van der Waals surface area contributed by atoms with E-state index < -0.39 is 0 Å². The lowest BCUT2D eigenvalue weighted by atomic mass is 9.21. The van der Waals surface area contributed by atoms with Crippen LogP contribution in [0.4, 0.5) is 5.69 Å². The molecule has 1 amide bonds. The second-order valence-corrected chi connectivity index (χ2v) is 9.26. The van der Waals surface area contributed by atoms with E-state index in [0.717, 1.165) is 19.3 Å². The van der Waals surface area contributed by atoms with Gasteiger partial charge in [0.2, 0.25) is 5.91 Å². The predicted molar refractivity (Wildman–Crippen MR) is 106 cm³/mol. The molecule has 3 nitrogen and oxygen atoms in total. The van der Waals surface area contributed by atoms with Crippen molar-refractivity contribution in [2.75, 3.05) is 5.32 Å². The smallest absolute Gasteiger partial charge is 0.231 e. The molecule has 4 heteroatoms. The maximum absolute atomic E-state index is 13.3. The van der Waals surface area contributed by atoms with E-state index in [9.17, 15) is 9.59 Å². The second kappa shape index (κ2) is 5.23. The maximum atomic E-state index is 13.3. The monoisotopic (exact) mass is 379 g/mol. The Morgan fingerprint density at radius 1 is 1.11 bits per heavy atom. The molecule has 5 saturated carbocycles. The van der Waals surface area contributed by atoms with Crippen LogP contribution in [0.2, 0.25) is 5.02 Å². The van der Waals surface area contributed by atoms with Crippen LogP contribution in [0.3, 0.4) is 0 Å². The normalized spacial score (nSPS) is 35.1. The third-order valence-electron chi connectivity index (χ3n) is 8.10. The van der Waals surface area contributed by atoms with Crippen molar-refractivity contribution in [1.82, 2.24) is 0 Å². The zero-order valence-corrected chi connectivity index (χ0v) is 16.3. The van der Waals surface area contributed by atoms with E-state index >= 15 is 0 Å². The summed E-state index contributed by atoms with van der Waals surface area (Å²) < 4.78 is 0. The standard InChI is InChI=1S/C23H22ClNO2/c1-21-13-23(18(21)10-11-22(21,23)2)20(27)25-17-9-8-15(24)12-16(17)19(26)14-6-4-3-5-7-14/h3-9,12,18H,10-11,13H2,1-2H3,(H,25,27)/t18-,21+,22-,23-/m1/s1. The molecule has 0 heterocycles. The minimum Gasteiger partial charge on any atom is -0.325 e. The van der Waals surface area contributed by atoms with Crippen molar-refractivity contribution in [3.8, 4) is 0 Å². The first-order chi connectivity index (χ1) is 12.8. The lowest BCUT2D eigenvalue weighted by molar-refractivity contribution is -0.326. The fourth-order valence-corrected chi connectivity index (χ4v) is 6.68. The minimum absolute atomic E-state index is 0.0701. The molecule has 0 saturated heterocycles. The average molecular weight is 380 g/mol. The molecule has 0 aromatic heterocycles. The van der Waals surface area contributed by atoms with Crippen LogP contribution in [0.15, 0.2) is 48.5 Å². The van der Waals surface area contributed by atoms with Crippen molar-refractivity contribution >= 4 is 29.0 Å². The molecular weight excluding hydrogens is 358 g/mol. The second-order valence-electron chi connectivity index (χ2n) is 8.83. The minimum atomic E-state index is -0.256. The molecule has 138 valence electrons. The summed E-state index contributed by atoms with van der Waals surface area (Å²) in [6, 6.07) is 14.2. The van der Waals surface area contributed by atoms with E-state index in [-0.39, 0.29) is 22.5 Å². The topological polar surface area (TPSA) is 46.2 Å². The molecule has 2 aromatic rings. The van der Waals surface area contributed by atoms with Crippen molar-refractivity contribution in [2.45, 2.75) is 33.1 Å². The SMILES string of the molecule is C[C@@]12CC[C@@H]3[C@]1(C)C[C@]32C(=O)Nc1ccc(Cl)cc1C(=O)c1ccccc1. The molecule has 0 spiro atoms. The summed E-state index contributed by atoms with van der Waals surface area (Å²) in [5.41, 5.74) is 1.75. The van der Waals surface area contributed by atoms with E-state index in [1.165, 1.54) is 0 Å². The Morgan fingerprint density at radius 2 is 1.85 bits per heavy atom. The molecule has 7 rings (SSSR count). The van der Waals surface area contributed by atoms with Gasteiger partial charge in [-0.1, -0.05) is 55.8 Å². The Balaban J connectivity index is 1.47. The van der Waals surface area contributed by atoms with E-state index in [2.05, 4.69) is 19.2 Å². The molecule has 5 aliphatic carbocycles. The molecule has 27 heavy (non-hydrogen) atoms. The summed E-state index contributed by atoms with van der Waals surface area (Å²) in [4.78, 5) is 26.3. The van der Waals surface area contributed by atoms with Crippen molar-refractivity contribution in [3.63, 3.8) is 0 Å². The van der Waals surface area contributed by atoms with Crippen LogP contribution in [0, 0.1) is 22.2 Å². The highest BCUT2D eigenvalue weighted by Crippen LogP contribution is 2.93. The van der Waals surface area contributed by atoms with Crippen LogP contribution in [-0.4, -0.2) is 11.7 Å². The zero-order chi connectivity index (χ0) is 19.0. The fraction of sp³-hybridized carbons (Fsp3) is 0.391. The molecule has 0 radical (unpaired) electrons. The number of anilines is 1. The number of fused-ring (bicyclic) bond motifs is 1. The fourth-order valence-electron chi connectivity index (χ4n) is 6.51. The van der Waals surface area contributed by atoms with Crippen molar-refractivity contribution in [2.24, 2.45) is 22.2 Å². The highest BCUT2D eigenvalue weighted by molar-refractivity contribution is 6.31. The van der Waals surface area contributed by atoms with Gasteiger partial charge < -0.3 is 5.32 Å². The molecule has 0 aliphatic heterocycles. The lowest BCUT2D eigenvalue weighted by Crippen LogP contribution is -2.81. The predicted octanol–water partition coefficient (Wildman–Crippen LogP) is 5.34. The van der Waals surface area contributed by atoms with Crippen LogP contribution < -0.4 is 5.32 Å². The van der Waals surface area contributed by atoms with Gasteiger partial charge in [0.25, 0.3) is 0 Å². The Morgan fingerprint density at radius 3 is 2.48 bits per heavy atom. The molecule has 2 aromatic carbocycles. The summed E-state index contributed by atoms with van der Waals surface area (Å²) in [6.07, 6.45) is 3.22. The Kier molecular flexibility index (Phi) is 3.29. The quantitative estimate of drug-likeness (QED) is 0.729. The van der Waals surface area contributed by atoms with E-state index in [4.69, 9.17) is 11.6 Å². The number of hydrogen-bond acceptors (Lipinski definition) is 2. The number of carbonyl (C=O) groups excluding carboxylic acids is 2. The number of nitrogens with one attached hydrogen (secondary N) is 1. The Labute approximate surface area is 164 Å². The lowest BCUT2D eigenvalue weighted by Gasteiger charge is -2.81.